The van der Waals surface area contributed by atoms with Crippen molar-refractivity contribution in [2.45, 2.75) is 285 Å². The molecule has 0 aromatic rings. The molecule has 0 amide bonds. The van der Waals surface area contributed by atoms with Crippen LogP contribution in [0, 0.1) is 59.2 Å². The Morgan fingerprint density at radius 2 is 1.07 bits per heavy atom. The van der Waals surface area contributed by atoms with Crippen molar-refractivity contribution in [1.29, 1.82) is 0 Å². The fraction of sp³-hybridized carbons (Fsp3) is 0.879. The average Bonchev–Trinajstić information content (AvgIpc) is 4.34. The number of hydrogen-bond donors (Lipinski definition) is 2. The minimum atomic E-state index is 0.343. The second-order valence-electron chi connectivity index (χ2n) is 19.8. The van der Waals surface area contributed by atoms with Crippen LogP contribution in [0.1, 0.15) is 267 Å². The molecule has 0 aromatic heterocycles. The second kappa shape index (κ2) is 71.3. The average molecular weight is 1140 g/mol. The number of nitrogens with zero attached hydrogens (tertiary/aromatic N) is 8. The highest BCUT2D eigenvalue weighted by Crippen LogP contribution is 2.17. The van der Waals surface area contributed by atoms with Gasteiger partial charge in [-0.25, -0.2) is 0 Å². The summed E-state index contributed by atoms with van der Waals surface area (Å²) in [6.45, 7) is 72.1. The van der Waals surface area contributed by atoms with Crippen molar-refractivity contribution in [3.05, 3.63) is 0 Å². The van der Waals surface area contributed by atoms with E-state index in [2.05, 4.69) is 162 Å². The Bertz CT molecular complexity index is 1280. The van der Waals surface area contributed by atoms with Crippen molar-refractivity contribution < 1.29 is 19.2 Å². The number of aliphatic imine (C=N–C) groups is 3. The summed E-state index contributed by atoms with van der Waals surface area (Å²) in [7, 11) is 0. The first-order valence-corrected chi connectivity index (χ1v) is 32.7. The third kappa shape index (κ3) is 56.0. The second-order valence-corrected chi connectivity index (χ2v) is 19.8. The number of ether oxygens (including phenoxy) is 1. The highest BCUT2D eigenvalue weighted by molar-refractivity contribution is 5.87. The van der Waals surface area contributed by atoms with E-state index in [-0.39, 0.29) is 0 Å². The molecule has 0 fully saturated rings. The van der Waals surface area contributed by atoms with Gasteiger partial charge in [-0.3, -0.25) is 15.0 Å². The van der Waals surface area contributed by atoms with Crippen LogP contribution < -0.4 is 10.9 Å². The van der Waals surface area contributed by atoms with E-state index in [0.29, 0.717) is 65.5 Å². The zero-order valence-corrected chi connectivity index (χ0v) is 59.3. The van der Waals surface area contributed by atoms with Crippen molar-refractivity contribution >= 4 is 48.4 Å². The van der Waals surface area contributed by atoms with Crippen LogP contribution in [-0.2, 0) is 19.2 Å². The van der Waals surface area contributed by atoms with Crippen LogP contribution in [0.2, 0.25) is 0 Å². The molecule has 0 bridgehead atoms. The van der Waals surface area contributed by atoms with Gasteiger partial charge in [0, 0.05) is 74.5 Å². The fourth-order valence-corrected chi connectivity index (χ4v) is 6.41. The van der Waals surface area contributed by atoms with Gasteiger partial charge < -0.3 is 30.1 Å². The van der Waals surface area contributed by atoms with Gasteiger partial charge in [-0.2, -0.15) is 10.2 Å². The number of nitrogens with one attached hydrogen (secondary N) is 2. The minimum Gasteiger partial charge on any atom is -0.479 e. The normalized spacial score (nSPS) is 19.7. The van der Waals surface area contributed by atoms with Gasteiger partial charge in [-0.1, -0.05) is 237 Å². The molecule has 8 heterocycles. The summed E-state index contributed by atoms with van der Waals surface area (Å²) < 4.78 is 5.16. The van der Waals surface area contributed by atoms with E-state index >= 15 is 0 Å². The lowest BCUT2D eigenvalue weighted by atomic mass is 9.98. The third-order valence-corrected chi connectivity index (χ3v) is 11.5. The molecule has 5 unspecified atom stereocenters. The van der Waals surface area contributed by atoms with Crippen molar-refractivity contribution in [2.75, 3.05) is 39.5 Å². The molecular weight excluding hydrogens is 997 g/mol. The zero-order chi connectivity index (χ0) is 63.9. The maximum absolute atomic E-state index is 5.16. The van der Waals surface area contributed by atoms with Gasteiger partial charge in [0.15, 0.2) is 5.90 Å². The van der Waals surface area contributed by atoms with Crippen molar-refractivity contribution in [1.82, 2.24) is 10.9 Å². The molecule has 0 saturated heterocycles. The molecule has 2 N–H and O–H groups in total. The van der Waals surface area contributed by atoms with Gasteiger partial charge in [0.1, 0.15) is 25.9 Å². The fourth-order valence-electron chi connectivity index (χ4n) is 6.41. The zero-order valence-electron chi connectivity index (χ0n) is 59.3. The van der Waals surface area contributed by atoms with E-state index in [9.17, 15) is 0 Å². The topological polar surface area (TPSA) is 160 Å². The molecule has 0 spiro atoms. The van der Waals surface area contributed by atoms with Gasteiger partial charge in [-0.05, 0) is 73.3 Å². The van der Waals surface area contributed by atoms with E-state index in [0.717, 1.165) is 76.5 Å². The summed E-state index contributed by atoms with van der Waals surface area (Å²) in [5.74, 6) is 7.31. The number of hydrazone groups is 2. The molecule has 480 valence electrons. The first kappa shape index (κ1) is 92.6. The smallest absolute Gasteiger partial charge is 0.186 e. The largest absolute Gasteiger partial charge is 0.479 e. The lowest BCUT2D eigenvalue weighted by Gasteiger charge is -2.12. The van der Waals surface area contributed by atoms with Crippen LogP contribution in [0.5, 0.6) is 0 Å². The Labute approximate surface area is 500 Å². The Hall–Kier alpha value is -3.84. The van der Waals surface area contributed by atoms with Crippen LogP contribution in [-0.4, -0.2) is 106 Å². The molecule has 8 aliphatic rings. The maximum Gasteiger partial charge on any atom is 0.186 e. The van der Waals surface area contributed by atoms with Gasteiger partial charge in [0.2, 0.25) is 0 Å². The number of hydrogen-bond acceptors (Lipinski definition) is 14. The molecule has 5 atom stereocenters. The van der Waals surface area contributed by atoms with E-state index in [1.165, 1.54) is 37.1 Å². The van der Waals surface area contributed by atoms with Gasteiger partial charge in [-0.15, -0.1) is 0 Å². The molecule has 14 nitrogen and oxygen atoms in total. The molecule has 14 heteroatoms. The Morgan fingerprint density at radius 3 is 1.27 bits per heavy atom. The minimum absolute atomic E-state index is 0.343. The van der Waals surface area contributed by atoms with Gasteiger partial charge in [0.05, 0.1) is 30.6 Å². The summed E-state index contributed by atoms with van der Waals surface area (Å²) in [6.07, 6.45) is 18.1. The maximum atomic E-state index is 5.16. The first-order valence-electron chi connectivity index (χ1n) is 32.7. The van der Waals surface area contributed by atoms with Gasteiger partial charge in [0.25, 0.3) is 0 Å². The van der Waals surface area contributed by atoms with E-state index < -0.39 is 0 Å². The van der Waals surface area contributed by atoms with Crippen LogP contribution in [0.3, 0.4) is 0 Å². The lowest BCUT2D eigenvalue weighted by molar-refractivity contribution is 0.0521. The molecule has 80 heavy (non-hydrogen) atoms. The summed E-state index contributed by atoms with van der Waals surface area (Å²) in [5.41, 5.74) is 8.57. The molecule has 0 aromatic carbocycles. The molecule has 0 radical (unpaired) electrons. The number of oxime groups is 3. The molecule has 0 aliphatic carbocycles. The van der Waals surface area contributed by atoms with Crippen molar-refractivity contribution in [3.63, 3.8) is 0 Å². The summed E-state index contributed by atoms with van der Waals surface area (Å²) >= 11 is 0. The van der Waals surface area contributed by atoms with E-state index in [1.54, 1.807) is 0 Å². The molecule has 8 rings (SSSR count). The highest BCUT2D eigenvalue weighted by Gasteiger charge is 2.18. The van der Waals surface area contributed by atoms with Crippen LogP contribution >= 0.6 is 0 Å². The predicted octanol–water partition coefficient (Wildman–Crippen LogP) is 19.0. The third-order valence-electron chi connectivity index (χ3n) is 11.5. The quantitative estimate of drug-likeness (QED) is 0.246. The molecule has 8 aliphatic heterocycles. The molecule has 0 saturated carbocycles. The monoisotopic (exact) mass is 1140 g/mol. The Kier molecular flexibility index (Phi) is 82.5. The predicted molar refractivity (Wildman–Crippen MR) is 365 cm³/mol. The van der Waals surface area contributed by atoms with Gasteiger partial charge >= 0.3 is 0 Å². The molecular formula is C66H142N10O4. The van der Waals surface area contributed by atoms with Crippen LogP contribution in [0.25, 0.3) is 0 Å². The van der Waals surface area contributed by atoms with Crippen LogP contribution in [0.4, 0.5) is 0 Å². The van der Waals surface area contributed by atoms with E-state index in [4.69, 9.17) is 19.2 Å². The Balaban J connectivity index is -0.000000119. The summed E-state index contributed by atoms with van der Waals surface area (Å²) in [4.78, 5) is 27.4. The first-order chi connectivity index (χ1) is 38.4. The van der Waals surface area contributed by atoms with E-state index in [1.807, 2.05) is 142 Å². The van der Waals surface area contributed by atoms with Crippen molar-refractivity contribution in [3.8, 4) is 0 Å². The van der Waals surface area contributed by atoms with Crippen molar-refractivity contribution in [2.24, 2.45) is 99.8 Å². The number of rotatable bonds is 8. The standard InChI is InChI=1S/2C7H13N.2C6H12N2.4C6H11NO.8C2H6/c2*1-6(2)7-4-3-5-8-7;1-5(2)6-3-7-8-4-6;1-5(2)6-3-4-7-8-6;1-5(2)6-3-7-8-4-6;1-5(2)6-7-3-4-8-6;1-5(2)6-3-4-8-7-6;1-5(2)6-3-4-7-8-6;8*1-2/h6H,3-5H2,1-2H3;5-7H,3-4H2,1-2H3;3,5-6,8H,4H2,1-2H3;4-6,8H,3H2,1-2H3;3,5-6H,4H2,1-2H3;2*5H,3-4H2,1-2H3;4-6H,3H2,1-2H3;8*1-2H3. The SMILES string of the molecule is CC.CC.CC.CC.CC.CC.CC.CC.CC(C)C1=NCCC1.CC(C)C1=NCCO1.CC(C)C1=NOCC1.CC(C)C1C=NNC1.CC(C)C1C=NOC1.CC(C)C1CC=NN1.CC(C)C1CC=NO1.CC(C)C1CCC=N1. The summed E-state index contributed by atoms with van der Waals surface area (Å²) in [5, 5.41) is 19.0. The Morgan fingerprint density at radius 1 is 0.500 bits per heavy atom. The summed E-state index contributed by atoms with van der Waals surface area (Å²) in [6, 6.07) is 1.23. The lowest BCUT2D eigenvalue weighted by Crippen LogP contribution is -2.24. The highest BCUT2D eigenvalue weighted by atomic mass is 16.6. The van der Waals surface area contributed by atoms with Crippen LogP contribution in [0.15, 0.2) is 40.6 Å².